The Morgan fingerprint density at radius 2 is 1.66 bits per heavy atom. The normalized spacial score (nSPS) is 26.8. The van der Waals surface area contributed by atoms with E-state index in [1.54, 1.807) is 0 Å². The molecule has 2 aliphatic rings. The quantitative estimate of drug-likeness (QED) is 0.330. The zero-order valence-electron chi connectivity index (χ0n) is 20.0. The number of aliphatic hydroxyl groups excluding tert-OH is 1. The Kier molecular flexibility index (Phi) is 7.58. The molecule has 0 radical (unpaired) electrons. The highest BCUT2D eigenvalue weighted by Crippen LogP contribution is 2.37. The molecule has 0 amide bonds. The molecule has 6 atom stereocenters. The van der Waals surface area contributed by atoms with Gasteiger partial charge in [0.1, 0.15) is 30.0 Å². The van der Waals surface area contributed by atoms with E-state index < -0.39 is 58.2 Å². The number of hydrogen-bond acceptors (Lipinski definition) is 10. The molecule has 2 N–H and O–H groups in total. The Morgan fingerprint density at radius 3 is 2.34 bits per heavy atom. The van der Waals surface area contributed by atoms with Crippen molar-refractivity contribution in [2.75, 3.05) is 11.9 Å². The molecule has 0 spiro atoms. The SMILES string of the molecule is O=[N+]([O-])c1ccc(N[C@H]2[C@@H](OCc3ccccc3)O[C@@H]3COC(c4ccccc4)O[C@H]3[C@H]2O)c([N+](=O)[O-])c1. The largest absolute Gasteiger partial charge is 0.388 e. The van der Waals surface area contributed by atoms with Crippen molar-refractivity contribution in [3.8, 4) is 0 Å². The summed E-state index contributed by atoms with van der Waals surface area (Å²) in [5.41, 5.74) is 0.624. The number of hydrogen-bond donors (Lipinski definition) is 2. The lowest BCUT2D eigenvalue weighted by atomic mass is 9.95. The molecule has 0 bridgehead atoms. The van der Waals surface area contributed by atoms with E-state index in [9.17, 15) is 25.3 Å². The summed E-state index contributed by atoms with van der Waals surface area (Å²) in [5.74, 6) is 0. The van der Waals surface area contributed by atoms with Crippen LogP contribution in [0.2, 0.25) is 0 Å². The van der Waals surface area contributed by atoms with Crippen LogP contribution in [-0.4, -0.2) is 52.2 Å². The zero-order valence-corrected chi connectivity index (χ0v) is 20.0. The number of non-ortho nitro benzene ring substituents is 1. The number of aliphatic hydroxyl groups is 1. The number of anilines is 1. The highest BCUT2D eigenvalue weighted by molar-refractivity contribution is 5.66. The van der Waals surface area contributed by atoms with Gasteiger partial charge in [0.2, 0.25) is 0 Å². The summed E-state index contributed by atoms with van der Waals surface area (Å²) in [6, 6.07) is 20.7. The van der Waals surface area contributed by atoms with Crippen molar-refractivity contribution >= 4 is 17.1 Å². The maximum atomic E-state index is 11.7. The summed E-state index contributed by atoms with van der Waals surface area (Å²) in [6.45, 7) is 0.265. The van der Waals surface area contributed by atoms with Gasteiger partial charge < -0.3 is 29.4 Å². The van der Waals surface area contributed by atoms with Gasteiger partial charge in [0.25, 0.3) is 11.4 Å². The number of nitrogens with zero attached hydrogens (tertiary/aromatic N) is 2. The first-order valence-corrected chi connectivity index (χ1v) is 11.9. The second kappa shape index (κ2) is 11.2. The number of nitro groups is 2. The molecule has 2 saturated heterocycles. The smallest absolute Gasteiger partial charge is 0.299 e. The van der Waals surface area contributed by atoms with Crippen molar-refractivity contribution in [1.82, 2.24) is 0 Å². The number of benzene rings is 3. The number of rotatable bonds is 8. The number of fused-ring (bicyclic) bond motifs is 1. The van der Waals surface area contributed by atoms with Gasteiger partial charge in [0, 0.05) is 11.6 Å². The van der Waals surface area contributed by atoms with Crippen LogP contribution in [0, 0.1) is 20.2 Å². The molecule has 2 fully saturated rings. The molecule has 198 valence electrons. The molecule has 12 nitrogen and oxygen atoms in total. The average Bonchev–Trinajstić information content (AvgIpc) is 2.94. The fraction of sp³-hybridized carbons (Fsp3) is 0.308. The number of ether oxygens (including phenoxy) is 4. The van der Waals surface area contributed by atoms with Gasteiger partial charge in [0.15, 0.2) is 12.6 Å². The molecule has 1 unspecified atom stereocenters. The van der Waals surface area contributed by atoms with Crippen LogP contribution in [0.25, 0.3) is 0 Å². The molecule has 0 saturated carbocycles. The van der Waals surface area contributed by atoms with Crippen LogP contribution in [-0.2, 0) is 25.6 Å². The predicted molar refractivity (Wildman–Crippen MR) is 133 cm³/mol. The van der Waals surface area contributed by atoms with Crippen molar-refractivity contribution in [2.45, 2.75) is 43.5 Å². The van der Waals surface area contributed by atoms with E-state index in [-0.39, 0.29) is 18.9 Å². The predicted octanol–water partition coefficient (Wildman–Crippen LogP) is 3.70. The minimum absolute atomic E-state index is 0.0355. The van der Waals surface area contributed by atoms with Crippen molar-refractivity contribution in [3.05, 3.63) is 110 Å². The standard InChI is InChI=1S/C26H25N3O9/c30-23-22(27-19-12-11-18(28(31)32)13-20(19)29(33)34)26(35-14-16-7-3-1-4-8-16)37-21-15-36-25(38-24(21)23)17-9-5-2-6-10-17/h1-13,21-27,30H,14-15H2/t21-,22-,23+,24-,25?,26+/m1/s1. The van der Waals surface area contributed by atoms with Crippen LogP contribution in [0.4, 0.5) is 17.1 Å². The van der Waals surface area contributed by atoms with Crippen molar-refractivity contribution in [2.24, 2.45) is 0 Å². The van der Waals surface area contributed by atoms with Crippen LogP contribution in [0.15, 0.2) is 78.9 Å². The van der Waals surface area contributed by atoms with E-state index in [4.69, 9.17) is 18.9 Å². The lowest BCUT2D eigenvalue weighted by molar-refractivity contribution is -0.393. The van der Waals surface area contributed by atoms with Gasteiger partial charge in [-0.05, 0) is 11.6 Å². The fourth-order valence-electron chi connectivity index (χ4n) is 4.51. The highest BCUT2D eigenvalue weighted by atomic mass is 16.7. The first kappa shape index (κ1) is 25.7. The maximum absolute atomic E-state index is 11.7. The maximum Gasteiger partial charge on any atom is 0.299 e. The van der Waals surface area contributed by atoms with Crippen molar-refractivity contribution in [3.63, 3.8) is 0 Å². The van der Waals surface area contributed by atoms with Gasteiger partial charge in [-0.1, -0.05) is 60.7 Å². The Hall–Kier alpha value is -3.94. The summed E-state index contributed by atoms with van der Waals surface area (Å²) >= 11 is 0. The zero-order chi connectivity index (χ0) is 26.6. The van der Waals surface area contributed by atoms with Crippen LogP contribution in [0.1, 0.15) is 17.4 Å². The Morgan fingerprint density at radius 1 is 0.947 bits per heavy atom. The third-order valence-electron chi connectivity index (χ3n) is 6.41. The van der Waals surface area contributed by atoms with Crippen LogP contribution >= 0.6 is 0 Å². The van der Waals surface area contributed by atoms with Gasteiger partial charge in [-0.2, -0.15) is 0 Å². The molecule has 0 aromatic heterocycles. The first-order chi connectivity index (χ1) is 18.4. The van der Waals surface area contributed by atoms with E-state index in [2.05, 4.69) is 5.32 Å². The van der Waals surface area contributed by atoms with Crippen molar-refractivity contribution < 1.29 is 33.9 Å². The van der Waals surface area contributed by atoms with Crippen LogP contribution < -0.4 is 5.32 Å². The Bertz CT molecular complexity index is 1280. The van der Waals surface area contributed by atoms with E-state index in [0.717, 1.165) is 23.3 Å². The van der Waals surface area contributed by atoms with E-state index in [1.165, 1.54) is 6.07 Å². The van der Waals surface area contributed by atoms with E-state index in [0.29, 0.717) is 0 Å². The van der Waals surface area contributed by atoms with Crippen molar-refractivity contribution in [1.29, 1.82) is 0 Å². The monoisotopic (exact) mass is 523 g/mol. The Balaban J connectivity index is 1.42. The average molecular weight is 523 g/mol. The second-order valence-electron chi connectivity index (χ2n) is 8.89. The molecule has 5 rings (SSSR count). The molecule has 2 heterocycles. The molecule has 12 heteroatoms. The van der Waals surface area contributed by atoms with Crippen LogP contribution in [0.3, 0.4) is 0 Å². The molecular weight excluding hydrogens is 498 g/mol. The number of nitro benzene ring substituents is 2. The molecule has 2 aliphatic heterocycles. The minimum Gasteiger partial charge on any atom is -0.388 e. The van der Waals surface area contributed by atoms with E-state index in [1.807, 2.05) is 60.7 Å². The molecular formula is C26H25N3O9. The summed E-state index contributed by atoms with van der Waals surface area (Å²) in [6.07, 6.45) is -4.55. The molecule has 0 aliphatic carbocycles. The van der Waals surface area contributed by atoms with Gasteiger partial charge in [-0.25, -0.2) is 0 Å². The van der Waals surface area contributed by atoms with Gasteiger partial charge in [-0.15, -0.1) is 0 Å². The van der Waals surface area contributed by atoms with Gasteiger partial charge in [0.05, 0.1) is 29.1 Å². The van der Waals surface area contributed by atoms with E-state index >= 15 is 0 Å². The minimum atomic E-state index is -1.24. The molecule has 3 aromatic rings. The lowest BCUT2D eigenvalue weighted by Gasteiger charge is -2.48. The summed E-state index contributed by atoms with van der Waals surface area (Å²) in [5, 5.41) is 37.3. The number of nitrogens with one attached hydrogen (secondary N) is 1. The van der Waals surface area contributed by atoms with Gasteiger partial charge >= 0.3 is 0 Å². The van der Waals surface area contributed by atoms with Crippen LogP contribution in [0.5, 0.6) is 0 Å². The summed E-state index contributed by atoms with van der Waals surface area (Å²) in [4.78, 5) is 21.4. The molecule has 3 aromatic carbocycles. The Labute approximate surface area is 217 Å². The topological polar surface area (TPSA) is 155 Å². The first-order valence-electron chi connectivity index (χ1n) is 11.9. The molecule has 38 heavy (non-hydrogen) atoms. The third-order valence-corrected chi connectivity index (χ3v) is 6.41. The fourth-order valence-corrected chi connectivity index (χ4v) is 4.51. The lowest BCUT2D eigenvalue weighted by Crippen LogP contribution is -2.64. The summed E-state index contributed by atoms with van der Waals surface area (Å²) < 4.78 is 24.1. The second-order valence-corrected chi connectivity index (χ2v) is 8.89. The third kappa shape index (κ3) is 5.49. The summed E-state index contributed by atoms with van der Waals surface area (Å²) in [7, 11) is 0. The van der Waals surface area contributed by atoms with Gasteiger partial charge in [-0.3, -0.25) is 20.2 Å². The highest BCUT2D eigenvalue weighted by Gasteiger charge is 2.50.